The summed E-state index contributed by atoms with van der Waals surface area (Å²) < 4.78 is 36.9. The number of pyridine rings is 1. The highest BCUT2D eigenvalue weighted by molar-refractivity contribution is 5.73. The fourth-order valence-electron chi connectivity index (χ4n) is 3.19. The van der Waals surface area contributed by atoms with Gasteiger partial charge in [-0.15, -0.1) is 0 Å². The molecule has 0 atom stereocenters. The molecule has 0 aromatic carbocycles. The third kappa shape index (κ3) is 8.75. The van der Waals surface area contributed by atoms with E-state index in [1.807, 2.05) is 31.2 Å². The van der Waals surface area contributed by atoms with Crippen molar-refractivity contribution in [1.82, 2.24) is 19.9 Å². The van der Waals surface area contributed by atoms with E-state index in [2.05, 4.69) is 25.2 Å². The second kappa shape index (κ2) is 12.3. The van der Waals surface area contributed by atoms with Gasteiger partial charge in [0.1, 0.15) is 11.6 Å². The summed E-state index contributed by atoms with van der Waals surface area (Å²) in [5, 5.41) is 10.6. The Morgan fingerprint density at radius 2 is 1.94 bits per heavy atom. The molecule has 8 nitrogen and oxygen atoms in total. The summed E-state index contributed by atoms with van der Waals surface area (Å²) in [7, 11) is 1.76. The SMILES string of the molecule is COCCN1CCC(CNc2cc(-c3ccccn3)nc(C)n2)CC1.O=C(O)C(F)(F)F. The normalized spacial score (nSPS) is 15.0. The molecule has 0 amide bonds. The van der Waals surface area contributed by atoms with Gasteiger partial charge < -0.3 is 20.1 Å². The van der Waals surface area contributed by atoms with Gasteiger partial charge in [0.2, 0.25) is 0 Å². The highest BCUT2D eigenvalue weighted by Crippen LogP contribution is 2.20. The molecule has 0 unspecified atom stereocenters. The number of aliphatic carboxylic acids is 1. The quantitative estimate of drug-likeness (QED) is 0.656. The second-order valence-electron chi connectivity index (χ2n) is 7.36. The van der Waals surface area contributed by atoms with Gasteiger partial charge in [-0.3, -0.25) is 4.98 Å². The first-order valence-electron chi connectivity index (χ1n) is 10.2. The van der Waals surface area contributed by atoms with Crippen LogP contribution in [0.1, 0.15) is 18.7 Å². The minimum Gasteiger partial charge on any atom is -0.475 e. The summed E-state index contributed by atoms with van der Waals surface area (Å²) >= 11 is 0. The van der Waals surface area contributed by atoms with Crippen molar-refractivity contribution in [3.8, 4) is 11.4 Å². The van der Waals surface area contributed by atoms with Crippen LogP contribution in [0.5, 0.6) is 0 Å². The maximum absolute atomic E-state index is 10.6. The van der Waals surface area contributed by atoms with Gasteiger partial charge in [0.05, 0.1) is 18.0 Å². The molecule has 2 N–H and O–H groups in total. The van der Waals surface area contributed by atoms with E-state index < -0.39 is 12.1 Å². The molecule has 32 heavy (non-hydrogen) atoms. The average Bonchev–Trinajstić information content (AvgIpc) is 2.77. The number of piperidine rings is 1. The van der Waals surface area contributed by atoms with E-state index in [9.17, 15) is 13.2 Å². The van der Waals surface area contributed by atoms with Gasteiger partial charge in [-0.05, 0) is 50.9 Å². The van der Waals surface area contributed by atoms with Gasteiger partial charge in [-0.2, -0.15) is 13.2 Å². The van der Waals surface area contributed by atoms with Crippen molar-refractivity contribution in [1.29, 1.82) is 0 Å². The molecule has 2 aromatic rings. The first-order chi connectivity index (χ1) is 15.2. The number of ether oxygens (including phenoxy) is 1. The number of carboxylic acid groups (broad SMARTS) is 1. The van der Waals surface area contributed by atoms with Crippen molar-refractivity contribution in [2.75, 3.05) is 45.2 Å². The lowest BCUT2D eigenvalue weighted by Crippen LogP contribution is -2.37. The molecule has 0 bridgehead atoms. The summed E-state index contributed by atoms with van der Waals surface area (Å²) in [6, 6.07) is 7.85. The molecule has 0 spiro atoms. The van der Waals surface area contributed by atoms with E-state index in [1.54, 1.807) is 13.3 Å². The summed E-state index contributed by atoms with van der Waals surface area (Å²) in [6.45, 7) is 7.03. The van der Waals surface area contributed by atoms with Crippen LogP contribution in [0.2, 0.25) is 0 Å². The number of nitrogens with one attached hydrogen (secondary N) is 1. The number of aromatic nitrogens is 3. The van der Waals surface area contributed by atoms with E-state index >= 15 is 0 Å². The van der Waals surface area contributed by atoms with Crippen molar-refractivity contribution in [3.05, 3.63) is 36.3 Å². The van der Waals surface area contributed by atoms with Crippen LogP contribution in [0, 0.1) is 12.8 Å². The van der Waals surface area contributed by atoms with Gasteiger partial charge in [-0.1, -0.05) is 6.07 Å². The molecule has 11 heteroatoms. The van der Waals surface area contributed by atoms with Crippen LogP contribution >= 0.6 is 0 Å². The fraction of sp³-hybridized carbons (Fsp3) is 0.524. The summed E-state index contributed by atoms with van der Waals surface area (Å²) in [5.41, 5.74) is 1.74. The molecule has 0 saturated carbocycles. The van der Waals surface area contributed by atoms with Crippen LogP contribution in [0.4, 0.5) is 19.0 Å². The molecule has 1 aliphatic heterocycles. The first-order valence-corrected chi connectivity index (χ1v) is 10.2. The Hall–Kier alpha value is -2.79. The number of anilines is 1. The Balaban J connectivity index is 0.000000451. The van der Waals surface area contributed by atoms with Gasteiger partial charge in [0.15, 0.2) is 0 Å². The van der Waals surface area contributed by atoms with E-state index in [1.165, 1.54) is 12.8 Å². The third-order valence-corrected chi connectivity index (χ3v) is 4.90. The van der Waals surface area contributed by atoms with E-state index in [0.717, 1.165) is 55.8 Å². The molecule has 176 valence electrons. The van der Waals surface area contributed by atoms with Crippen molar-refractivity contribution in [2.45, 2.75) is 25.9 Å². The number of aryl methyl sites for hydroxylation is 1. The molecule has 3 rings (SSSR count). The Morgan fingerprint density at radius 1 is 1.25 bits per heavy atom. The number of hydrogen-bond acceptors (Lipinski definition) is 7. The minimum absolute atomic E-state index is 0.687. The lowest BCUT2D eigenvalue weighted by atomic mass is 9.97. The van der Waals surface area contributed by atoms with Crippen LogP contribution < -0.4 is 5.32 Å². The summed E-state index contributed by atoms with van der Waals surface area (Å²) in [5.74, 6) is -0.421. The Kier molecular flexibility index (Phi) is 9.79. The minimum atomic E-state index is -5.08. The summed E-state index contributed by atoms with van der Waals surface area (Å²) in [4.78, 5) is 24.8. The summed E-state index contributed by atoms with van der Waals surface area (Å²) in [6.07, 6.45) is -0.862. The zero-order valence-electron chi connectivity index (χ0n) is 18.1. The molecule has 0 aliphatic carbocycles. The maximum atomic E-state index is 10.6. The lowest BCUT2D eigenvalue weighted by Gasteiger charge is -2.31. The Labute approximate surface area is 184 Å². The molecular weight excluding hydrogens is 427 g/mol. The number of nitrogens with zero attached hydrogens (tertiary/aromatic N) is 4. The first kappa shape index (κ1) is 25.5. The van der Waals surface area contributed by atoms with Crippen LogP contribution in [-0.2, 0) is 9.53 Å². The van der Waals surface area contributed by atoms with E-state index in [0.29, 0.717) is 5.92 Å². The van der Waals surface area contributed by atoms with Gasteiger partial charge in [0.25, 0.3) is 0 Å². The van der Waals surface area contributed by atoms with Crippen LogP contribution in [0.15, 0.2) is 30.5 Å². The molecule has 1 aliphatic rings. The smallest absolute Gasteiger partial charge is 0.475 e. The largest absolute Gasteiger partial charge is 0.490 e. The van der Waals surface area contributed by atoms with Gasteiger partial charge in [-0.25, -0.2) is 14.8 Å². The Morgan fingerprint density at radius 3 is 2.50 bits per heavy atom. The van der Waals surface area contributed by atoms with Crippen LogP contribution in [0.3, 0.4) is 0 Å². The van der Waals surface area contributed by atoms with Gasteiger partial charge >= 0.3 is 12.1 Å². The number of likely N-dealkylation sites (tertiary alicyclic amines) is 1. The Bertz CT molecular complexity index is 844. The van der Waals surface area contributed by atoms with Crippen molar-refractivity contribution in [2.24, 2.45) is 5.92 Å². The molecular formula is C21H28F3N5O3. The third-order valence-electron chi connectivity index (χ3n) is 4.90. The lowest BCUT2D eigenvalue weighted by molar-refractivity contribution is -0.192. The van der Waals surface area contributed by atoms with Crippen molar-refractivity contribution >= 4 is 11.8 Å². The van der Waals surface area contributed by atoms with Crippen LogP contribution in [0.25, 0.3) is 11.4 Å². The number of alkyl halides is 3. The molecule has 3 heterocycles. The second-order valence-corrected chi connectivity index (χ2v) is 7.36. The van der Waals surface area contributed by atoms with Crippen LogP contribution in [-0.4, -0.2) is 77.0 Å². The van der Waals surface area contributed by atoms with Crippen molar-refractivity contribution < 1.29 is 27.8 Å². The zero-order valence-corrected chi connectivity index (χ0v) is 18.1. The topological polar surface area (TPSA) is 100 Å². The number of rotatable bonds is 7. The van der Waals surface area contributed by atoms with E-state index in [4.69, 9.17) is 14.6 Å². The standard InChI is InChI=1S/C19H27N5O.C2HF3O2/c1-15-22-18(17-5-3-4-8-20-17)13-19(23-15)21-14-16-6-9-24(10-7-16)11-12-25-2;3-2(4,5)1(6)7/h3-5,8,13,16H,6-7,9-12,14H2,1-2H3,(H,21,22,23);(H,6,7). The van der Waals surface area contributed by atoms with Gasteiger partial charge in [0, 0.05) is 32.5 Å². The highest BCUT2D eigenvalue weighted by Gasteiger charge is 2.38. The average molecular weight is 455 g/mol. The zero-order chi connectivity index (χ0) is 23.6. The number of hydrogen-bond donors (Lipinski definition) is 2. The molecule has 0 radical (unpaired) electrons. The number of carboxylic acids is 1. The molecule has 2 aromatic heterocycles. The fourth-order valence-corrected chi connectivity index (χ4v) is 3.19. The number of halogens is 3. The maximum Gasteiger partial charge on any atom is 0.490 e. The van der Waals surface area contributed by atoms with E-state index in [-0.39, 0.29) is 0 Å². The monoisotopic (exact) mass is 455 g/mol. The number of methoxy groups -OCH3 is 1. The molecule has 1 saturated heterocycles. The predicted molar refractivity (Wildman–Crippen MR) is 113 cm³/mol. The highest BCUT2D eigenvalue weighted by atomic mass is 19.4. The predicted octanol–water partition coefficient (Wildman–Crippen LogP) is 3.25. The van der Waals surface area contributed by atoms with Crippen molar-refractivity contribution in [3.63, 3.8) is 0 Å². The number of carbonyl (C=O) groups is 1. The molecule has 1 fully saturated rings.